The first-order chi connectivity index (χ1) is 10.4. The zero-order chi connectivity index (χ0) is 14.5. The summed E-state index contributed by atoms with van der Waals surface area (Å²) in [6.07, 6.45) is 14.4. The Hall–Kier alpha value is -1.10. The van der Waals surface area contributed by atoms with Crippen molar-refractivity contribution in [3.05, 3.63) is 18.1 Å². The van der Waals surface area contributed by atoms with Crippen molar-refractivity contribution in [2.75, 3.05) is 18.0 Å². The van der Waals surface area contributed by atoms with E-state index in [1.807, 2.05) is 12.4 Å². The first-order valence-electron chi connectivity index (χ1n) is 8.40. The van der Waals surface area contributed by atoms with Gasteiger partial charge in [-0.05, 0) is 19.3 Å². The molecule has 0 spiro atoms. The molecule has 2 radical (unpaired) electrons. The molecule has 5 heteroatoms. The summed E-state index contributed by atoms with van der Waals surface area (Å²) in [6.45, 7) is 1.93. The van der Waals surface area contributed by atoms with E-state index in [4.69, 9.17) is 13.0 Å². The van der Waals surface area contributed by atoms with E-state index in [2.05, 4.69) is 15.1 Å². The molecule has 1 aromatic heterocycles. The van der Waals surface area contributed by atoms with Gasteiger partial charge in [-0.25, -0.2) is 4.98 Å². The summed E-state index contributed by atoms with van der Waals surface area (Å²) >= 11 is 0. The highest BCUT2D eigenvalue weighted by Crippen LogP contribution is 2.30. The van der Waals surface area contributed by atoms with Crippen LogP contribution in [-0.4, -0.2) is 37.1 Å². The minimum absolute atomic E-state index is 0.372. The average Bonchev–Trinajstić information content (AvgIpc) is 2.96. The predicted molar refractivity (Wildman–Crippen MR) is 86.6 cm³/mol. The molecule has 1 saturated carbocycles. The van der Waals surface area contributed by atoms with Crippen LogP contribution in [-0.2, 0) is 0 Å². The van der Waals surface area contributed by atoms with E-state index in [1.54, 1.807) is 0 Å². The van der Waals surface area contributed by atoms with Gasteiger partial charge in [0.05, 0.1) is 18.1 Å². The Labute approximate surface area is 129 Å². The van der Waals surface area contributed by atoms with Crippen molar-refractivity contribution in [1.29, 1.82) is 0 Å². The van der Waals surface area contributed by atoms with Gasteiger partial charge in [0.15, 0.2) is 7.98 Å². The third-order valence-corrected chi connectivity index (χ3v) is 4.93. The second kappa shape index (κ2) is 7.25. The third-order valence-electron chi connectivity index (χ3n) is 4.93. The minimum atomic E-state index is 0.372. The Morgan fingerprint density at radius 1 is 1.00 bits per heavy atom. The Bertz CT molecular complexity index is 428. The largest absolute Gasteiger partial charge is 0.362 e. The number of rotatable bonds is 3. The topological polar surface area (TPSA) is 41.0 Å². The molecule has 1 atom stereocenters. The molecular weight excluding hydrogens is 259 g/mol. The predicted octanol–water partition coefficient (Wildman–Crippen LogP) is 2.56. The molecule has 0 bridgehead atoms. The first-order valence-corrected chi connectivity index (χ1v) is 8.40. The van der Waals surface area contributed by atoms with Crippen LogP contribution in [0.5, 0.6) is 0 Å². The quantitative estimate of drug-likeness (QED) is 0.866. The number of hydrogen-bond donors (Lipinski definition) is 1. The highest BCUT2D eigenvalue weighted by Gasteiger charge is 2.22. The van der Waals surface area contributed by atoms with Crippen molar-refractivity contribution < 1.29 is 0 Å². The second-order valence-electron chi connectivity index (χ2n) is 6.44. The van der Waals surface area contributed by atoms with Gasteiger partial charge in [-0.3, -0.25) is 4.98 Å². The van der Waals surface area contributed by atoms with Gasteiger partial charge in [-0.15, -0.1) is 0 Å². The molecule has 3 rings (SSSR count). The zero-order valence-electron chi connectivity index (χ0n) is 12.8. The lowest BCUT2D eigenvalue weighted by atomic mass is 9.89. The van der Waals surface area contributed by atoms with Crippen LogP contribution >= 0.6 is 0 Å². The molecule has 2 aliphatic rings. The number of aromatic nitrogens is 2. The molecule has 0 aromatic carbocycles. The highest BCUT2D eigenvalue weighted by molar-refractivity contribution is 6.04. The summed E-state index contributed by atoms with van der Waals surface area (Å²) < 4.78 is 0. The van der Waals surface area contributed by atoms with Gasteiger partial charge in [0.1, 0.15) is 5.82 Å². The highest BCUT2D eigenvalue weighted by atomic mass is 15.2. The van der Waals surface area contributed by atoms with Crippen LogP contribution in [0, 0.1) is 0 Å². The number of nitrogens with one attached hydrogen (secondary N) is 1. The Morgan fingerprint density at radius 3 is 2.38 bits per heavy atom. The van der Waals surface area contributed by atoms with Crippen molar-refractivity contribution in [2.45, 2.75) is 63.3 Å². The van der Waals surface area contributed by atoms with Gasteiger partial charge in [0.2, 0.25) is 0 Å². The normalized spacial score (nSPS) is 24.8. The maximum atomic E-state index is 5.51. The molecule has 1 saturated heterocycles. The van der Waals surface area contributed by atoms with E-state index in [9.17, 15) is 0 Å². The Morgan fingerprint density at radius 2 is 1.76 bits per heavy atom. The first kappa shape index (κ1) is 14.8. The number of anilines is 1. The maximum Gasteiger partial charge on any atom is 0.178 e. The van der Waals surface area contributed by atoms with Crippen LogP contribution in [0.15, 0.2) is 12.4 Å². The molecule has 2 heterocycles. The fraction of sp³-hybridized carbons (Fsp3) is 0.750. The van der Waals surface area contributed by atoms with Gasteiger partial charge in [0, 0.05) is 25.0 Å². The van der Waals surface area contributed by atoms with Gasteiger partial charge >= 0.3 is 0 Å². The molecule has 112 valence electrons. The van der Waals surface area contributed by atoms with E-state index < -0.39 is 0 Å². The van der Waals surface area contributed by atoms with Gasteiger partial charge in [-0.2, -0.15) is 0 Å². The van der Waals surface area contributed by atoms with E-state index in [-0.39, 0.29) is 0 Å². The summed E-state index contributed by atoms with van der Waals surface area (Å²) in [5.41, 5.74) is 1.19. The minimum Gasteiger partial charge on any atom is -0.362 e. The van der Waals surface area contributed by atoms with E-state index in [0.717, 1.165) is 25.3 Å². The molecule has 1 N–H and O–H groups in total. The summed E-state index contributed by atoms with van der Waals surface area (Å²) in [5, 5.41) is 2.85. The summed E-state index contributed by atoms with van der Waals surface area (Å²) in [7, 11) is 5.51. The molecule has 1 unspecified atom stereocenters. The lowest BCUT2D eigenvalue weighted by Crippen LogP contribution is -2.30. The average molecular weight is 284 g/mol. The number of hydrogen-bond acceptors (Lipinski definition) is 4. The second-order valence-corrected chi connectivity index (χ2v) is 6.44. The third kappa shape index (κ3) is 3.76. The summed E-state index contributed by atoms with van der Waals surface area (Å²) in [5.74, 6) is 1.60. The summed E-state index contributed by atoms with van der Waals surface area (Å²) in [6, 6.07) is 0.372. The van der Waals surface area contributed by atoms with Crippen LogP contribution in [0.1, 0.15) is 63.0 Å². The van der Waals surface area contributed by atoms with Crippen LogP contribution in [0.4, 0.5) is 5.82 Å². The molecule has 1 aliphatic heterocycles. The molecule has 1 aromatic rings. The van der Waals surface area contributed by atoms with Gasteiger partial charge in [0.25, 0.3) is 0 Å². The van der Waals surface area contributed by atoms with E-state index in [0.29, 0.717) is 12.0 Å². The zero-order valence-corrected chi connectivity index (χ0v) is 12.8. The molecule has 1 aliphatic carbocycles. The SMILES string of the molecule is [B]NC1CCN(c2cnc(C3CCCCCCC3)cn2)C1. The Balaban J connectivity index is 1.63. The van der Waals surface area contributed by atoms with Crippen LogP contribution in [0.2, 0.25) is 0 Å². The molecular formula is C16H25BN4. The fourth-order valence-corrected chi connectivity index (χ4v) is 3.56. The molecule has 2 fully saturated rings. The molecule has 21 heavy (non-hydrogen) atoms. The van der Waals surface area contributed by atoms with Gasteiger partial charge in [-0.1, -0.05) is 32.1 Å². The van der Waals surface area contributed by atoms with Crippen molar-refractivity contribution in [3.8, 4) is 0 Å². The lowest BCUT2D eigenvalue weighted by molar-refractivity contribution is 0.448. The van der Waals surface area contributed by atoms with Crippen molar-refractivity contribution >= 4 is 13.8 Å². The van der Waals surface area contributed by atoms with Crippen LogP contribution in [0.25, 0.3) is 0 Å². The maximum absolute atomic E-state index is 5.51. The lowest BCUT2D eigenvalue weighted by Gasteiger charge is -2.21. The fourth-order valence-electron chi connectivity index (χ4n) is 3.56. The van der Waals surface area contributed by atoms with E-state index >= 15 is 0 Å². The molecule has 4 nitrogen and oxygen atoms in total. The van der Waals surface area contributed by atoms with Crippen molar-refractivity contribution in [1.82, 2.24) is 15.2 Å². The van der Waals surface area contributed by atoms with Gasteiger partial charge < -0.3 is 10.1 Å². The van der Waals surface area contributed by atoms with Crippen molar-refractivity contribution in [3.63, 3.8) is 0 Å². The summed E-state index contributed by atoms with van der Waals surface area (Å²) in [4.78, 5) is 11.6. The Kier molecular flexibility index (Phi) is 5.12. The molecule has 0 amide bonds. The smallest absolute Gasteiger partial charge is 0.178 e. The van der Waals surface area contributed by atoms with Crippen LogP contribution in [0.3, 0.4) is 0 Å². The van der Waals surface area contributed by atoms with Crippen LogP contribution < -0.4 is 10.1 Å². The number of nitrogens with zero attached hydrogens (tertiary/aromatic N) is 3. The van der Waals surface area contributed by atoms with E-state index in [1.165, 1.54) is 50.6 Å². The van der Waals surface area contributed by atoms with Crippen molar-refractivity contribution in [2.24, 2.45) is 0 Å². The monoisotopic (exact) mass is 284 g/mol. The standard InChI is InChI=1S/C16H25BN4/c17-20-14-8-9-21(12-14)16-11-18-15(10-19-16)13-6-4-2-1-3-5-7-13/h10-11,13-14,20H,1-9,12H2.